The molecule has 0 radical (unpaired) electrons. The lowest BCUT2D eigenvalue weighted by Gasteiger charge is -2.37. The SMILES string of the molecule is CN=C(NCC(C(C)C)N1CCOCC1)N(C)Cc1ccccc1. The molecule has 1 unspecified atom stereocenters. The highest BCUT2D eigenvalue weighted by Gasteiger charge is 2.24. The summed E-state index contributed by atoms with van der Waals surface area (Å²) in [5.74, 6) is 1.53. The highest BCUT2D eigenvalue weighted by molar-refractivity contribution is 5.79. The van der Waals surface area contributed by atoms with Gasteiger partial charge in [0.25, 0.3) is 0 Å². The number of nitrogens with one attached hydrogen (secondary N) is 1. The maximum Gasteiger partial charge on any atom is 0.193 e. The van der Waals surface area contributed by atoms with Crippen molar-refractivity contribution in [3.63, 3.8) is 0 Å². The van der Waals surface area contributed by atoms with Crippen LogP contribution >= 0.6 is 0 Å². The number of hydrogen-bond donors (Lipinski definition) is 1. The first-order valence-electron chi connectivity index (χ1n) is 8.89. The largest absolute Gasteiger partial charge is 0.379 e. The lowest BCUT2D eigenvalue weighted by molar-refractivity contribution is 0.00741. The van der Waals surface area contributed by atoms with Crippen molar-refractivity contribution < 1.29 is 4.74 Å². The summed E-state index contributed by atoms with van der Waals surface area (Å²) in [5.41, 5.74) is 1.29. The van der Waals surface area contributed by atoms with E-state index in [9.17, 15) is 0 Å². The molecule has 0 amide bonds. The Morgan fingerprint density at radius 1 is 1.25 bits per heavy atom. The molecule has 5 nitrogen and oxygen atoms in total. The number of nitrogens with zero attached hydrogens (tertiary/aromatic N) is 3. The molecule has 0 saturated carbocycles. The molecule has 1 aromatic carbocycles. The summed E-state index contributed by atoms with van der Waals surface area (Å²) in [6.07, 6.45) is 0. The van der Waals surface area contributed by atoms with Gasteiger partial charge in [0.2, 0.25) is 0 Å². The van der Waals surface area contributed by atoms with E-state index in [-0.39, 0.29) is 0 Å². The van der Waals surface area contributed by atoms with Crippen molar-refractivity contribution in [1.82, 2.24) is 15.1 Å². The molecule has 1 atom stereocenters. The highest BCUT2D eigenvalue weighted by Crippen LogP contribution is 2.12. The standard InChI is InChI=1S/C19H32N4O/c1-16(2)18(23-10-12-24-13-11-23)14-21-19(20-3)22(4)15-17-8-6-5-7-9-17/h5-9,16,18H,10-15H2,1-4H3,(H,20,21). The van der Waals surface area contributed by atoms with Crippen molar-refractivity contribution in [3.8, 4) is 0 Å². The van der Waals surface area contributed by atoms with Gasteiger partial charge in [-0.3, -0.25) is 9.89 Å². The molecule has 1 fully saturated rings. The van der Waals surface area contributed by atoms with Gasteiger partial charge in [0.15, 0.2) is 5.96 Å². The zero-order chi connectivity index (χ0) is 17.4. The van der Waals surface area contributed by atoms with Gasteiger partial charge in [0.05, 0.1) is 13.2 Å². The highest BCUT2D eigenvalue weighted by atomic mass is 16.5. The average molecular weight is 332 g/mol. The third-order valence-corrected chi connectivity index (χ3v) is 4.59. The molecule has 1 aliphatic rings. The zero-order valence-electron chi connectivity index (χ0n) is 15.5. The van der Waals surface area contributed by atoms with Gasteiger partial charge in [-0.15, -0.1) is 0 Å². The molecule has 1 aromatic rings. The van der Waals surface area contributed by atoms with Gasteiger partial charge in [0, 0.05) is 46.3 Å². The van der Waals surface area contributed by atoms with Gasteiger partial charge in [-0.2, -0.15) is 0 Å². The minimum atomic E-state index is 0.496. The van der Waals surface area contributed by atoms with Gasteiger partial charge >= 0.3 is 0 Å². The third kappa shape index (κ3) is 5.49. The summed E-state index contributed by atoms with van der Waals surface area (Å²) in [7, 11) is 3.93. The molecule has 1 N–H and O–H groups in total. The smallest absolute Gasteiger partial charge is 0.193 e. The Kier molecular flexibility index (Phi) is 7.53. The van der Waals surface area contributed by atoms with Gasteiger partial charge < -0.3 is 15.0 Å². The van der Waals surface area contributed by atoms with Crippen LogP contribution in [0, 0.1) is 5.92 Å². The minimum Gasteiger partial charge on any atom is -0.379 e. The zero-order valence-corrected chi connectivity index (χ0v) is 15.5. The molecule has 0 bridgehead atoms. The second-order valence-electron chi connectivity index (χ2n) is 6.73. The van der Waals surface area contributed by atoms with Crippen molar-refractivity contribution in [2.75, 3.05) is 46.9 Å². The van der Waals surface area contributed by atoms with E-state index in [1.165, 1.54) is 5.56 Å². The molecule has 5 heteroatoms. The quantitative estimate of drug-likeness (QED) is 0.639. The third-order valence-electron chi connectivity index (χ3n) is 4.59. The fraction of sp³-hybridized carbons (Fsp3) is 0.632. The lowest BCUT2D eigenvalue weighted by atomic mass is 10.0. The number of benzene rings is 1. The first-order chi connectivity index (χ1) is 11.6. The number of aliphatic imine (C=N–C) groups is 1. The van der Waals surface area contributed by atoms with Crippen LogP contribution in [0.3, 0.4) is 0 Å². The van der Waals surface area contributed by atoms with E-state index in [1.807, 2.05) is 13.1 Å². The molecular formula is C19H32N4O. The Morgan fingerprint density at radius 2 is 1.92 bits per heavy atom. The fourth-order valence-electron chi connectivity index (χ4n) is 3.21. The van der Waals surface area contributed by atoms with Crippen molar-refractivity contribution in [2.24, 2.45) is 10.9 Å². The van der Waals surface area contributed by atoms with E-state index < -0.39 is 0 Å². The van der Waals surface area contributed by atoms with Crippen LogP contribution in [0.5, 0.6) is 0 Å². The Bertz CT molecular complexity index is 497. The van der Waals surface area contributed by atoms with E-state index in [0.29, 0.717) is 12.0 Å². The average Bonchev–Trinajstić information content (AvgIpc) is 2.60. The van der Waals surface area contributed by atoms with E-state index in [1.54, 1.807) is 0 Å². The number of hydrogen-bond acceptors (Lipinski definition) is 3. The van der Waals surface area contributed by atoms with Crippen LogP contribution in [-0.4, -0.2) is 68.7 Å². The van der Waals surface area contributed by atoms with Crippen molar-refractivity contribution >= 4 is 5.96 Å². The normalized spacial score (nSPS) is 17.8. The number of rotatable bonds is 6. The van der Waals surface area contributed by atoms with E-state index in [4.69, 9.17) is 4.74 Å². The molecule has 1 heterocycles. The van der Waals surface area contributed by atoms with Crippen LogP contribution in [0.1, 0.15) is 19.4 Å². The number of ether oxygens (including phenoxy) is 1. The molecular weight excluding hydrogens is 300 g/mol. The summed E-state index contributed by atoms with van der Waals surface area (Å²) in [6.45, 7) is 10.0. The van der Waals surface area contributed by atoms with Crippen molar-refractivity contribution in [3.05, 3.63) is 35.9 Å². The van der Waals surface area contributed by atoms with Crippen molar-refractivity contribution in [2.45, 2.75) is 26.4 Å². The number of guanidine groups is 1. The molecule has 0 aromatic heterocycles. The Labute approximate surface area is 146 Å². The van der Waals surface area contributed by atoms with Crippen LogP contribution in [0.2, 0.25) is 0 Å². The first kappa shape index (κ1) is 18.7. The summed E-state index contributed by atoms with van der Waals surface area (Å²) in [4.78, 5) is 9.15. The Morgan fingerprint density at radius 3 is 2.50 bits per heavy atom. The topological polar surface area (TPSA) is 40.1 Å². The van der Waals surface area contributed by atoms with Crippen LogP contribution < -0.4 is 5.32 Å². The number of morpholine rings is 1. The maximum absolute atomic E-state index is 5.49. The molecule has 0 spiro atoms. The molecule has 134 valence electrons. The second-order valence-corrected chi connectivity index (χ2v) is 6.73. The first-order valence-corrected chi connectivity index (χ1v) is 8.89. The van der Waals surface area contributed by atoms with Gasteiger partial charge in [-0.1, -0.05) is 44.2 Å². The molecule has 2 rings (SSSR count). The Balaban J connectivity index is 1.90. The molecule has 1 saturated heterocycles. The molecule has 0 aliphatic carbocycles. The second kappa shape index (κ2) is 9.64. The lowest BCUT2D eigenvalue weighted by Crippen LogP contribution is -2.52. The monoisotopic (exact) mass is 332 g/mol. The molecule has 1 aliphatic heterocycles. The van der Waals surface area contributed by atoms with Crippen LogP contribution in [-0.2, 0) is 11.3 Å². The van der Waals surface area contributed by atoms with Crippen molar-refractivity contribution in [1.29, 1.82) is 0 Å². The fourth-order valence-corrected chi connectivity index (χ4v) is 3.21. The maximum atomic E-state index is 5.49. The summed E-state index contributed by atoms with van der Waals surface area (Å²) in [5, 5.41) is 3.56. The summed E-state index contributed by atoms with van der Waals surface area (Å²) >= 11 is 0. The molecule has 24 heavy (non-hydrogen) atoms. The van der Waals surface area contributed by atoms with Gasteiger partial charge in [-0.25, -0.2) is 0 Å². The van der Waals surface area contributed by atoms with Crippen LogP contribution in [0.4, 0.5) is 0 Å². The van der Waals surface area contributed by atoms with Crippen LogP contribution in [0.15, 0.2) is 35.3 Å². The summed E-state index contributed by atoms with van der Waals surface area (Å²) in [6, 6.07) is 11.0. The summed E-state index contributed by atoms with van der Waals surface area (Å²) < 4.78 is 5.49. The predicted octanol–water partition coefficient (Wildman–Crippen LogP) is 2.05. The van der Waals surface area contributed by atoms with Crippen LogP contribution in [0.25, 0.3) is 0 Å². The van der Waals surface area contributed by atoms with Gasteiger partial charge in [0.1, 0.15) is 0 Å². The van der Waals surface area contributed by atoms with Gasteiger partial charge in [-0.05, 0) is 11.5 Å². The van der Waals surface area contributed by atoms with E-state index in [0.717, 1.165) is 45.4 Å². The van der Waals surface area contributed by atoms with E-state index in [2.05, 4.69) is 65.3 Å². The Hall–Kier alpha value is -1.59. The minimum absolute atomic E-state index is 0.496. The van der Waals surface area contributed by atoms with E-state index >= 15 is 0 Å². The predicted molar refractivity (Wildman–Crippen MR) is 100 cm³/mol.